The van der Waals surface area contributed by atoms with Crippen LogP contribution in [0.2, 0.25) is 0 Å². The lowest BCUT2D eigenvalue weighted by atomic mass is 9.91. The van der Waals surface area contributed by atoms with Gasteiger partial charge in [-0.05, 0) is 62.0 Å². The summed E-state index contributed by atoms with van der Waals surface area (Å²) >= 11 is 0. The molecule has 1 amide bonds. The Morgan fingerprint density at radius 1 is 1.22 bits per heavy atom. The summed E-state index contributed by atoms with van der Waals surface area (Å²) in [6.45, 7) is 5.31. The maximum atomic E-state index is 14.3. The van der Waals surface area contributed by atoms with Gasteiger partial charge in [0, 0.05) is 80.3 Å². The zero-order valence-corrected chi connectivity index (χ0v) is 21.6. The predicted octanol–water partition coefficient (Wildman–Crippen LogP) is 2.91. The lowest BCUT2D eigenvalue weighted by molar-refractivity contribution is -0.128. The number of alkyl halides is 2. The molecule has 1 atom stereocenters. The number of nitrogens with zero attached hydrogens (tertiary/aromatic N) is 4. The van der Waals surface area contributed by atoms with Gasteiger partial charge < -0.3 is 26.2 Å². The van der Waals surface area contributed by atoms with Crippen LogP contribution in [0.15, 0.2) is 35.8 Å². The summed E-state index contributed by atoms with van der Waals surface area (Å²) in [5.74, 6) is 0.0192. The molecule has 1 aromatic carbocycles. The lowest BCUT2D eigenvalue weighted by Gasteiger charge is -2.42. The van der Waals surface area contributed by atoms with Crippen molar-refractivity contribution in [1.82, 2.24) is 25.3 Å². The molecule has 3 aliphatic rings. The van der Waals surface area contributed by atoms with Gasteiger partial charge in [0.05, 0.1) is 6.20 Å². The van der Waals surface area contributed by atoms with Crippen LogP contribution in [0.25, 0.3) is 11.1 Å². The van der Waals surface area contributed by atoms with E-state index in [1.165, 1.54) is 0 Å². The van der Waals surface area contributed by atoms with Crippen molar-refractivity contribution < 1.29 is 13.6 Å². The van der Waals surface area contributed by atoms with Crippen molar-refractivity contribution in [3.05, 3.63) is 46.9 Å². The van der Waals surface area contributed by atoms with Crippen LogP contribution < -0.4 is 21.3 Å². The van der Waals surface area contributed by atoms with Crippen molar-refractivity contribution in [2.24, 2.45) is 12.8 Å². The highest BCUT2D eigenvalue weighted by Gasteiger charge is 2.32. The number of fused-ring (bicyclic) bond motifs is 1. The molecule has 4 heterocycles. The minimum Gasteiger partial charge on any atom is -0.385 e. The average Bonchev–Trinajstić information content (AvgIpc) is 3.34. The van der Waals surface area contributed by atoms with E-state index in [0.29, 0.717) is 36.8 Å². The molecule has 0 saturated carbocycles. The molecule has 1 unspecified atom stereocenters. The maximum Gasteiger partial charge on any atom is 0.264 e. The number of nitrogens with two attached hydrogens (primary N) is 1. The van der Waals surface area contributed by atoms with Gasteiger partial charge >= 0.3 is 0 Å². The van der Waals surface area contributed by atoms with E-state index in [-0.39, 0.29) is 11.5 Å². The maximum absolute atomic E-state index is 14.3. The highest BCUT2D eigenvalue weighted by Crippen LogP contribution is 2.40. The fourth-order valence-corrected chi connectivity index (χ4v) is 5.85. The number of piperidine rings is 1. The van der Waals surface area contributed by atoms with E-state index in [1.807, 2.05) is 11.0 Å². The van der Waals surface area contributed by atoms with Crippen molar-refractivity contribution >= 4 is 11.6 Å². The zero-order valence-electron chi connectivity index (χ0n) is 21.6. The van der Waals surface area contributed by atoms with Crippen LogP contribution in [0.5, 0.6) is 0 Å². The van der Waals surface area contributed by atoms with Crippen LogP contribution in [0, 0.1) is 0 Å². The second kappa shape index (κ2) is 10.8. The Hall–Kier alpha value is -2.98. The Morgan fingerprint density at radius 3 is 2.68 bits per heavy atom. The normalized spacial score (nSPS) is 19.8. The van der Waals surface area contributed by atoms with Gasteiger partial charge in [-0.1, -0.05) is 0 Å². The van der Waals surface area contributed by atoms with E-state index in [0.717, 1.165) is 67.7 Å². The molecule has 1 fully saturated rings. The average molecular weight is 514 g/mol. The molecule has 200 valence electrons. The topological polar surface area (TPSA) is 91.4 Å². The third-order valence-electron chi connectivity index (χ3n) is 7.89. The number of rotatable bonds is 6. The van der Waals surface area contributed by atoms with Gasteiger partial charge in [0.15, 0.2) is 0 Å². The number of carbonyl (C=O) groups excluding carboxylic acids is 1. The molecule has 1 aromatic heterocycles. The summed E-state index contributed by atoms with van der Waals surface area (Å²) in [5, 5.41) is 11.3. The molecule has 5 rings (SSSR count). The molecule has 4 N–H and O–H groups in total. The van der Waals surface area contributed by atoms with Gasteiger partial charge in [0.1, 0.15) is 6.17 Å². The third kappa shape index (κ3) is 5.36. The molecule has 8 nitrogen and oxygen atoms in total. The number of anilines is 1. The zero-order chi connectivity index (χ0) is 26.1. The van der Waals surface area contributed by atoms with Gasteiger partial charge in [-0.3, -0.25) is 9.48 Å². The van der Waals surface area contributed by atoms with Crippen molar-refractivity contribution in [1.29, 1.82) is 0 Å². The Labute approximate surface area is 216 Å². The summed E-state index contributed by atoms with van der Waals surface area (Å²) in [4.78, 5) is 16.1. The minimum atomic E-state index is -2.63. The molecule has 1 saturated heterocycles. The molecule has 3 aliphatic heterocycles. The number of amides is 1. The molecule has 0 aliphatic carbocycles. The van der Waals surface area contributed by atoms with Crippen molar-refractivity contribution in [2.45, 2.75) is 57.7 Å². The minimum absolute atomic E-state index is 0.0121. The van der Waals surface area contributed by atoms with E-state index >= 15 is 0 Å². The quantitative estimate of drug-likeness (QED) is 0.550. The number of aryl methyl sites for hydroxylation is 2. The molecule has 2 aromatic rings. The van der Waals surface area contributed by atoms with Crippen LogP contribution in [-0.2, 0) is 18.3 Å². The van der Waals surface area contributed by atoms with Gasteiger partial charge in [-0.15, -0.1) is 0 Å². The summed E-state index contributed by atoms with van der Waals surface area (Å²) in [7, 11) is 1.78. The fourth-order valence-electron chi connectivity index (χ4n) is 5.85. The molecule has 37 heavy (non-hydrogen) atoms. The monoisotopic (exact) mass is 513 g/mol. The second-order valence-electron chi connectivity index (χ2n) is 10.4. The highest BCUT2D eigenvalue weighted by molar-refractivity contribution is 5.75. The van der Waals surface area contributed by atoms with Crippen molar-refractivity contribution in [3.63, 3.8) is 0 Å². The standard InChI is InChI=1S/C27H37F2N7O/c1-17(37)35-11-7-24(33-20-5-8-31-9-6-20)23(16-35)27(30)36-10-3-4-18-12-21(19-14-32-34(2)15-19)22(26(28)29)13-25(18)36/h12-15,20,26-27,31,33H,3-11,16,30H2,1-2H3. The van der Waals surface area contributed by atoms with Crippen LogP contribution in [0.4, 0.5) is 14.5 Å². The number of carbonyl (C=O) groups is 1. The van der Waals surface area contributed by atoms with Gasteiger partial charge in [0.2, 0.25) is 5.91 Å². The first-order chi connectivity index (χ1) is 17.8. The molecule has 0 radical (unpaired) electrons. The fraction of sp³-hybridized carbons (Fsp3) is 0.556. The SMILES string of the molecule is CC(=O)N1CCC(NC2CCNCC2)=C(C(N)N2CCCc3cc(-c4cnn(C)c4)c(C(F)F)cc32)C1. The molecule has 0 bridgehead atoms. The Balaban J connectivity index is 1.51. The molecule has 10 heteroatoms. The number of nitrogens with one attached hydrogen (secondary N) is 2. The molecular weight excluding hydrogens is 476 g/mol. The largest absolute Gasteiger partial charge is 0.385 e. The molecule has 0 spiro atoms. The number of hydrogen-bond donors (Lipinski definition) is 3. The number of hydrogen-bond acceptors (Lipinski definition) is 6. The second-order valence-corrected chi connectivity index (χ2v) is 10.4. The lowest BCUT2D eigenvalue weighted by Crippen LogP contribution is -2.52. The van der Waals surface area contributed by atoms with Gasteiger partial charge in [-0.25, -0.2) is 8.78 Å². The molecular formula is C27H37F2N7O. The van der Waals surface area contributed by atoms with Crippen molar-refractivity contribution in [3.8, 4) is 11.1 Å². The van der Waals surface area contributed by atoms with E-state index in [4.69, 9.17) is 5.73 Å². The summed E-state index contributed by atoms with van der Waals surface area (Å²) in [5.41, 5.74) is 12.0. The van der Waals surface area contributed by atoms with E-state index in [1.54, 1.807) is 37.1 Å². The predicted molar refractivity (Wildman–Crippen MR) is 140 cm³/mol. The van der Waals surface area contributed by atoms with Crippen LogP contribution in [0.1, 0.15) is 50.2 Å². The Kier molecular flexibility index (Phi) is 7.48. The van der Waals surface area contributed by atoms with Gasteiger partial charge in [-0.2, -0.15) is 5.10 Å². The van der Waals surface area contributed by atoms with Gasteiger partial charge in [0.25, 0.3) is 6.43 Å². The first-order valence-corrected chi connectivity index (χ1v) is 13.2. The Morgan fingerprint density at radius 2 is 2.00 bits per heavy atom. The number of aromatic nitrogens is 2. The Bertz CT molecular complexity index is 1170. The number of benzene rings is 1. The third-order valence-corrected chi connectivity index (χ3v) is 7.89. The highest BCUT2D eigenvalue weighted by atomic mass is 19.3. The van der Waals surface area contributed by atoms with Crippen LogP contribution in [0.3, 0.4) is 0 Å². The first kappa shape index (κ1) is 25.7. The summed E-state index contributed by atoms with van der Waals surface area (Å²) in [6, 6.07) is 3.87. The summed E-state index contributed by atoms with van der Waals surface area (Å²) < 4.78 is 30.2. The van der Waals surface area contributed by atoms with Crippen molar-refractivity contribution in [2.75, 3.05) is 37.6 Å². The summed E-state index contributed by atoms with van der Waals surface area (Å²) in [6.07, 6.45) is 4.71. The van der Waals surface area contributed by atoms with E-state index < -0.39 is 12.6 Å². The van der Waals surface area contributed by atoms with Crippen LogP contribution in [-0.4, -0.2) is 65.5 Å². The van der Waals surface area contributed by atoms with E-state index in [9.17, 15) is 13.6 Å². The first-order valence-electron chi connectivity index (χ1n) is 13.2. The van der Waals surface area contributed by atoms with Crippen LogP contribution >= 0.6 is 0 Å². The van der Waals surface area contributed by atoms with E-state index in [2.05, 4.69) is 20.6 Å². The smallest absolute Gasteiger partial charge is 0.264 e. The number of halogens is 2.